The van der Waals surface area contributed by atoms with Crippen LogP contribution in [0.15, 0.2) is 0 Å². The van der Waals surface area contributed by atoms with E-state index in [2.05, 4.69) is 38.0 Å². The Bertz CT molecular complexity index is 251. The third-order valence-corrected chi connectivity index (χ3v) is 5.15. The van der Waals surface area contributed by atoms with E-state index in [1.165, 1.54) is 25.8 Å². The van der Waals surface area contributed by atoms with Crippen LogP contribution in [0, 0.1) is 23.7 Å². The maximum atomic E-state index is 3.58. The molecule has 2 aliphatic rings. The lowest BCUT2D eigenvalue weighted by Gasteiger charge is -2.31. The van der Waals surface area contributed by atoms with Gasteiger partial charge in [0.2, 0.25) is 0 Å². The minimum Gasteiger partial charge on any atom is -0.315 e. The molecule has 4 atom stereocenters. The van der Waals surface area contributed by atoms with Crippen LogP contribution in [-0.2, 0) is 0 Å². The van der Waals surface area contributed by atoms with E-state index in [0.29, 0.717) is 6.04 Å². The summed E-state index contributed by atoms with van der Waals surface area (Å²) in [6.07, 6.45) is 6.10. The zero-order chi connectivity index (χ0) is 13.1. The van der Waals surface area contributed by atoms with Crippen molar-refractivity contribution in [1.82, 2.24) is 10.2 Å². The lowest BCUT2D eigenvalue weighted by atomic mass is 9.88. The highest BCUT2D eigenvalue weighted by Gasteiger charge is 2.39. The van der Waals surface area contributed by atoms with E-state index in [4.69, 9.17) is 0 Å². The average molecular weight is 252 g/mol. The second-order valence-electron chi connectivity index (χ2n) is 7.28. The SMILES string of the molecule is CC(C)CNCC(C)N(C)CC1CC2CCC1C2. The molecule has 0 aliphatic heterocycles. The van der Waals surface area contributed by atoms with E-state index in [1.807, 2.05) is 0 Å². The van der Waals surface area contributed by atoms with Crippen LogP contribution in [0.25, 0.3) is 0 Å². The van der Waals surface area contributed by atoms with Gasteiger partial charge in [0.1, 0.15) is 0 Å². The number of hydrogen-bond acceptors (Lipinski definition) is 2. The van der Waals surface area contributed by atoms with Crippen molar-refractivity contribution in [2.75, 3.05) is 26.7 Å². The van der Waals surface area contributed by atoms with Crippen LogP contribution in [0.4, 0.5) is 0 Å². The fraction of sp³-hybridized carbons (Fsp3) is 1.00. The van der Waals surface area contributed by atoms with Crippen molar-refractivity contribution in [3.63, 3.8) is 0 Å². The molecule has 2 aliphatic carbocycles. The maximum Gasteiger partial charge on any atom is 0.0189 e. The summed E-state index contributed by atoms with van der Waals surface area (Å²) in [5.74, 6) is 3.91. The zero-order valence-electron chi connectivity index (χ0n) is 12.8. The highest BCUT2D eigenvalue weighted by molar-refractivity contribution is 4.91. The Kier molecular flexibility index (Phi) is 5.08. The number of rotatable bonds is 7. The molecule has 0 aromatic rings. The van der Waals surface area contributed by atoms with E-state index < -0.39 is 0 Å². The molecule has 1 N–H and O–H groups in total. The summed E-state index contributed by atoms with van der Waals surface area (Å²) in [6, 6.07) is 0.669. The first kappa shape index (κ1) is 14.3. The predicted octanol–water partition coefficient (Wildman–Crippen LogP) is 2.99. The van der Waals surface area contributed by atoms with Gasteiger partial charge >= 0.3 is 0 Å². The monoisotopic (exact) mass is 252 g/mol. The molecular formula is C16H32N2. The second kappa shape index (κ2) is 6.38. The summed E-state index contributed by atoms with van der Waals surface area (Å²) >= 11 is 0. The van der Waals surface area contributed by atoms with E-state index in [9.17, 15) is 0 Å². The Labute approximate surface area is 114 Å². The fourth-order valence-electron chi connectivity index (χ4n) is 3.89. The van der Waals surface area contributed by atoms with E-state index in [-0.39, 0.29) is 0 Å². The first-order valence-electron chi connectivity index (χ1n) is 7.97. The maximum absolute atomic E-state index is 3.58. The van der Waals surface area contributed by atoms with Gasteiger partial charge in [0.25, 0.3) is 0 Å². The molecule has 2 bridgehead atoms. The van der Waals surface area contributed by atoms with Gasteiger partial charge in [0.15, 0.2) is 0 Å². The van der Waals surface area contributed by atoms with E-state index in [1.54, 1.807) is 6.42 Å². The normalized spacial score (nSPS) is 32.7. The van der Waals surface area contributed by atoms with E-state index >= 15 is 0 Å². The molecular weight excluding hydrogens is 220 g/mol. The summed E-state index contributed by atoms with van der Waals surface area (Å²) in [5.41, 5.74) is 0. The molecule has 0 saturated heterocycles. The van der Waals surface area contributed by atoms with Gasteiger partial charge in [-0.15, -0.1) is 0 Å². The average Bonchev–Trinajstić information content (AvgIpc) is 2.90. The molecule has 0 spiro atoms. The van der Waals surface area contributed by atoms with Crippen molar-refractivity contribution in [3.8, 4) is 0 Å². The number of nitrogens with one attached hydrogen (secondary N) is 1. The number of likely N-dealkylation sites (N-methyl/N-ethyl adjacent to an activating group) is 1. The van der Waals surface area contributed by atoms with Crippen LogP contribution in [0.1, 0.15) is 46.5 Å². The van der Waals surface area contributed by atoms with Crippen LogP contribution in [0.5, 0.6) is 0 Å². The summed E-state index contributed by atoms with van der Waals surface area (Å²) < 4.78 is 0. The molecule has 0 radical (unpaired) electrons. The third-order valence-electron chi connectivity index (χ3n) is 5.15. The largest absolute Gasteiger partial charge is 0.315 e. The van der Waals surface area contributed by atoms with Crippen LogP contribution in [0.2, 0.25) is 0 Å². The highest BCUT2D eigenvalue weighted by atomic mass is 15.1. The molecule has 0 heterocycles. The highest BCUT2D eigenvalue weighted by Crippen LogP contribution is 2.48. The Morgan fingerprint density at radius 2 is 1.89 bits per heavy atom. The minimum absolute atomic E-state index is 0.669. The van der Waals surface area contributed by atoms with Crippen LogP contribution in [-0.4, -0.2) is 37.6 Å². The first-order valence-corrected chi connectivity index (χ1v) is 7.97. The van der Waals surface area contributed by atoms with Crippen molar-refractivity contribution >= 4 is 0 Å². The van der Waals surface area contributed by atoms with Crippen molar-refractivity contribution < 1.29 is 0 Å². The van der Waals surface area contributed by atoms with Gasteiger partial charge in [-0.05, 0) is 63.5 Å². The molecule has 2 rings (SSSR count). The number of fused-ring (bicyclic) bond motifs is 2. The summed E-state index contributed by atoms with van der Waals surface area (Å²) in [5, 5.41) is 3.58. The Morgan fingerprint density at radius 3 is 2.44 bits per heavy atom. The van der Waals surface area contributed by atoms with Gasteiger partial charge in [-0.1, -0.05) is 20.3 Å². The van der Waals surface area contributed by atoms with Gasteiger partial charge in [-0.3, -0.25) is 0 Å². The quantitative estimate of drug-likeness (QED) is 0.749. The van der Waals surface area contributed by atoms with Gasteiger partial charge in [-0.25, -0.2) is 0 Å². The number of nitrogens with zero attached hydrogens (tertiary/aromatic N) is 1. The molecule has 106 valence electrons. The lowest BCUT2D eigenvalue weighted by Crippen LogP contribution is -2.41. The van der Waals surface area contributed by atoms with Crippen molar-refractivity contribution in [2.45, 2.75) is 52.5 Å². The standard InChI is InChI=1S/C16H32N2/c1-12(2)9-17-10-13(3)18(4)11-16-8-14-5-6-15(16)7-14/h12-17H,5-11H2,1-4H3. The summed E-state index contributed by atoms with van der Waals surface area (Å²) in [4.78, 5) is 2.58. The van der Waals surface area contributed by atoms with Crippen molar-refractivity contribution in [2.24, 2.45) is 23.7 Å². The molecule has 2 saturated carbocycles. The molecule has 0 aromatic heterocycles. The molecule has 18 heavy (non-hydrogen) atoms. The third kappa shape index (κ3) is 3.71. The van der Waals surface area contributed by atoms with E-state index in [0.717, 1.165) is 36.8 Å². The topological polar surface area (TPSA) is 15.3 Å². The van der Waals surface area contributed by atoms with Crippen molar-refractivity contribution in [3.05, 3.63) is 0 Å². The smallest absolute Gasteiger partial charge is 0.0189 e. The van der Waals surface area contributed by atoms with Gasteiger partial charge in [0, 0.05) is 19.1 Å². The Balaban J connectivity index is 1.66. The Hall–Kier alpha value is -0.0800. The Morgan fingerprint density at radius 1 is 1.11 bits per heavy atom. The summed E-state index contributed by atoms with van der Waals surface area (Å²) in [6.45, 7) is 10.5. The first-order chi connectivity index (χ1) is 8.56. The molecule has 4 unspecified atom stereocenters. The summed E-state index contributed by atoms with van der Waals surface area (Å²) in [7, 11) is 2.31. The lowest BCUT2D eigenvalue weighted by molar-refractivity contribution is 0.178. The second-order valence-corrected chi connectivity index (χ2v) is 7.28. The van der Waals surface area contributed by atoms with Crippen LogP contribution < -0.4 is 5.32 Å². The zero-order valence-corrected chi connectivity index (χ0v) is 12.8. The van der Waals surface area contributed by atoms with Gasteiger partial charge in [-0.2, -0.15) is 0 Å². The molecule has 2 nitrogen and oxygen atoms in total. The molecule has 2 fully saturated rings. The van der Waals surface area contributed by atoms with Crippen molar-refractivity contribution in [1.29, 1.82) is 0 Å². The predicted molar refractivity (Wildman–Crippen MR) is 78.7 cm³/mol. The van der Waals surface area contributed by atoms with Gasteiger partial charge in [0.05, 0.1) is 0 Å². The van der Waals surface area contributed by atoms with Crippen LogP contribution in [0.3, 0.4) is 0 Å². The van der Waals surface area contributed by atoms with Crippen LogP contribution >= 0.6 is 0 Å². The molecule has 0 aromatic carbocycles. The fourth-order valence-corrected chi connectivity index (χ4v) is 3.89. The molecule has 2 heteroatoms. The minimum atomic E-state index is 0.669. The number of hydrogen-bond donors (Lipinski definition) is 1. The molecule has 0 amide bonds. The van der Waals surface area contributed by atoms with Gasteiger partial charge < -0.3 is 10.2 Å².